The van der Waals surface area contributed by atoms with Gasteiger partial charge >= 0.3 is 0 Å². The number of carbonyl (C=O) groups excluding carboxylic acids is 1. The molecule has 1 unspecified atom stereocenters. The topological polar surface area (TPSA) is 56.8 Å². The Hall–Kier alpha value is -2.40. The summed E-state index contributed by atoms with van der Waals surface area (Å²) in [5.74, 6) is 1.91. The van der Waals surface area contributed by atoms with Crippen LogP contribution in [0.3, 0.4) is 0 Å². The molecule has 5 nitrogen and oxygen atoms in total. The fraction of sp³-hybridized carbons (Fsp3) is 0.316. The molecule has 0 aromatic heterocycles. The minimum Gasteiger partial charge on any atom is -0.497 e. The number of hydrogen-bond donors (Lipinski definition) is 1. The lowest BCUT2D eigenvalue weighted by atomic mass is 9.96. The molecule has 1 N–H and O–H groups in total. The SMILES string of the molecule is COc1ccc(OC)c(CNC(=O)C2COc3ccc(Cl)cc3C2)c1. The van der Waals surface area contributed by atoms with E-state index in [-0.39, 0.29) is 11.8 Å². The average molecular weight is 362 g/mol. The highest BCUT2D eigenvalue weighted by molar-refractivity contribution is 6.30. The molecule has 2 aromatic rings. The predicted octanol–water partition coefficient (Wildman–Crippen LogP) is 3.22. The number of rotatable bonds is 5. The molecule has 0 saturated heterocycles. The van der Waals surface area contributed by atoms with Gasteiger partial charge < -0.3 is 19.5 Å². The zero-order valence-corrected chi connectivity index (χ0v) is 14.9. The third-order valence-corrected chi connectivity index (χ3v) is 4.48. The average Bonchev–Trinajstić information content (AvgIpc) is 2.65. The van der Waals surface area contributed by atoms with Crippen LogP contribution in [0.25, 0.3) is 0 Å². The molecular weight excluding hydrogens is 342 g/mol. The van der Waals surface area contributed by atoms with Gasteiger partial charge in [0, 0.05) is 17.1 Å². The van der Waals surface area contributed by atoms with E-state index in [1.165, 1.54) is 0 Å². The van der Waals surface area contributed by atoms with E-state index in [0.29, 0.717) is 30.3 Å². The molecule has 3 rings (SSSR count). The zero-order chi connectivity index (χ0) is 17.8. The molecule has 0 bridgehead atoms. The third kappa shape index (κ3) is 3.99. The summed E-state index contributed by atoms with van der Waals surface area (Å²) in [6, 6.07) is 11.0. The Morgan fingerprint density at radius 3 is 2.84 bits per heavy atom. The Morgan fingerprint density at radius 1 is 1.24 bits per heavy atom. The molecule has 0 radical (unpaired) electrons. The lowest BCUT2D eigenvalue weighted by Crippen LogP contribution is -2.37. The third-order valence-electron chi connectivity index (χ3n) is 4.24. The number of benzene rings is 2. The second kappa shape index (κ2) is 7.66. The number of ether oxygens (including phenoxy) is 3. The van der Waals surface area contributed by atoms with E-state index in [1.807, 2.05) is 30.3 Å². The summed E-state index contributed by atoms with van der Waals surface area (Å²) in [6.45, 7) is 0.716. The van der Waals surface area contributed by atoms with E-state index in [9.17, 15) is 4.79 Å². The molecule has 0 saturated carbocycles. The highest BCUT2D eigenvalue weighted by atomic mass is 35.5. The van der Waals surface area contributed by atoms with E-state index in [4.69, 9.17) is 25.8 Å². The molecule has 1 amide bonds. The van der Waals surface area contributed by atoms with Gasteiger partial charge in [0.15, 0.2) is 0 Å². The Balaban J connectivity index is 1.65. The van der Waals surface area contributed by atoms with Gasteiger partial charge in [0.2, 0.25) is 5.91 Å². The Labute approximate surface area is 151 Å². The smallest absolute Gasteiger partial charge is 0.227 e. The first-order chi connectivity index (χ1) is 12.1. The monoisotopic (exact) mass is 361 g/mol. The maximum absolute atomic E-state index is 12.5. The lowest BCUT2D eigenvalue weighted by Gasteiger charge is -2.25. The largest absolute Gasteiger partial charge is 0.497 e. The van der Waals surface area contributed by atoms with Crippen molar-refractivity contribution in [1.29, 1.82) is 0 Å². The molecule has 1 heterocycles. The first-order valence-corrected chi connectivity index (χ1v) is 8.38. The summed E-state index contributed by atoms with van der Waals surface area (Å²) < 4.78 is 16.2. The fourth-order valence-electron chi connectivity index (χ4n) is 2.88. The van der Waals surface area contributed by atoms with Crippen LogP contribution in [-0.4, -0.2) is 26.7 Å². The second-order valence-corrected chi connectivity index (χ2v) is 6.30. The first-order valence-electron chi connectivity index (χ1n) is 8.00. The van der Waals surface area contributed by atoms with Crippen LogP contribution in [0.15, 0.2) is 36.4 Å². The summed E-state index contributed by atoms with van der Waals surface area (Å²) in [5.41, 5.74) is 1.81. The van der Waals surface area contributed by atoms with Crippen molar-refractivity contribution in [1.82, 2.24) is 5.32 Å². The van der Waals surface area contributed by atoms with Crippen molar-refractivity contribution >= 4 is 17.5 Å². The fourth-order valence-corrected chi connectivity index (χ4v) is 3.07. The van der Waals surface area contributed by atoms with Gasteiger partial charge in [-0.1, -0.05) is 11.6 Å². The van der Waals surface area contributed by atoms with E-state index in [1.54, 1.807) is 20.3 Å². The van der Waals surface area contributed by atoms with Gasteiger partial charge in [-0.25, -0.2) is 0 Å². The van der Waals surface area contributed by atoms with Crippen molar-refractivity contribution in [2.75, 3.05) is 20.8 Å². The van der Waals surface area contributed by atoms with Crippen molar-refractivity contribution in [3.05, 3.63) is 52.5 Å². The number of nitrogens with one attached hydrogen (secondary N) is 1. The number of fused-ring (bicyclic) bond motifs is 1. The summed E-state index contributed by atoms with van der Waals surface area (Å²) in [5, 5.41) is 3.60. The van der Waals surface area contributed by atoms with Gasteiger partial charge in [0.1, 0.15) is 23.9 Å². The lowest BCUT2D eigenvalue weighted by molar-refractivity contribution is -0.126. The highest BCUT2D eigenvalue weighted by Crippen LogP contribution is 2.30. The second-order valence-electron chi connectivity index (χ2n) is 5.86. The molecule has 0 spiro atoms. The van der Waals surface area contributed by atoms with Gasteiger partial charge in [-0.2, -0.15) is 0 Å². The van der Waals surface area contributed by atoms with Crippen molar-refractivity contribution in [3.8, 4) is 17.2 Å². The molecular formula is C19H20ClNO4. The molecule has 0 fully saturated rings. The maximum Gasteiger partial charge on any atom is 0.227 e. The van der Waals surface area contributed by atoms with Crippen LogP contribution in [0.5, 0.6) is 17.2 Å². The number of amides is 1. The molecule has 6 heteroatoms. The number of carbonyl (C=O) groups is 1. The predicted molar refractivity (Wildman–Crippen MR) is 95.5 cm³/mol. The van der Waals surface area contributed by atoms with Gasteiger partial charge in [-0.15, -0.1) is 0 Å². The summed E-state index contributed by atoms with van der Waals surface area (Å²) in [7, 11) is 3.20. The Morgan fingerprint density at radius 2 is 2.08 bits per heavy atom. The molecule has 0 aliphatic carbocycles. The molecule has 25 heavy (non-hydrogen) atoms. The standard InChI is InChI=1S/C19H20ClNO4/c1-23-16-4-6-17(24-2)13(9-16)10-21-19(22)14-7-12-8-15(20)3-5-18(12)25-11-14/h3-6,8-9,14H,7,10-11H2,1-2H3,(H,21,22). The number of methoxy groups -OCH3 is 2. The van der Waals surface area contributed by atoms with Gasteiger partial charge in [0.25, 0.3) is 0 Å². The minimum absolute atomic E-state index is 0.0597. The van der Waals surface area contributed by atoms with E-state index in [0.717, 1.165) is 22.6 Å². The minimum atomic E-state index is -0.248. The summed E-state index contributed by atoms with van der Waals surface area (Å²) >= 11 is 6.03. The van der Waals surface area contributed by atoms with Crippen LogP contribution in [0.1, 0.15) is 11.1 Å². The van der Waals surface area contributed by atoms with Crippen LogP contribution < -0.4 is 19.5 Å². The van der Waals surface area contributed by atoms with Gasteiger partial charge in [-0.3, -0.25) is 4.79 Å². The molecule has 1 aliphatic heterocycles. The van der Waals surface area contributed by atoms with E-state index >= 15 is 0 Å². The van der Waals surface area contributed by atoms with Crippen molar-refractivity contribution < 1.29 is 19.0 Å². The maximum atomic E-state index is 12.5. The molecule has 1 aliphatic rings. The van der Waals surface area contributed by atoms with E-state index in [2.05, 4.69) is 5.32 Å². The Kier molecular flexibility index (Phi) is 5.34. The normalized spacial score (nSPS) is 15.7. The summed E-state index contributed by atoms with van der Waals surface area (Å²) in [4.78, 5) is 12.5. The van der Waals surface area contributed by atoms with E-state index < -0.39 is 0 Å². The first kappa shape index (κ1) is 17.4. The molecule has 2 aromatic carbocycles. The number of hydrogen-bond acceptors (Lipinski definition) is 4. The van der Waals surface area contributed by atoms with Crippen molar-refractivity contribution in [2.45, 2.75) is 13.0 Å². The zero-order valence-electron chi connectivity index (χ0n) is 14.2. The van der Waals surface area contributed by atoms with Gasteiger partial charge in [-0.05, 0) is 48.4 Å². The highest BCUT2D eigenvalue weighted by Gasteiger charge is 2.26. The van der Waals surface area contributed by atoms with Crippen molar-refractivity contribution in [3.63, 3.8) is 0 Å². The quantitative estimate of drug-likeness (QED) is 0.888. The van der Waals surface area contributed by atoms with Crippen LogP contribution in [0.4, 0.5) is 0 Å². The van der Waals surface area contributed by atoms with Crippen LogP contribution in [-0.2, 0) is 17.8 Å². The van der Waals surface area contributed by atoms with Crippen LogP contribution in [0, 0.1) is 5.92 Å². The van der Waals surface area contributed by atoms with Crippen molar-refractivity contribution in [2.24, 2.45) is 5.92 Å². The molecule has 1 atom stereocenters. The number of halogens is 1. The Bertz CT molecular complexity index is 778. The molecule has 132 valence electrons. The van der Waals surface area contributed by atoms with Crippen LogP contribution >= 0.6 is 11.6 Å². The van der Waals surface area contributed by atoms with Crippen LogP contribution in [0.2, 0.25) is 5.02 Å². The van der Waals surface area contributed by atoms with Gasteiger partial charge in [0.05, 0.1) is 20.1 Å². The summed E-state index contributed by atoms with van der Waals surface area (Å²) in [6.07, 6.45) is 0.608.